The Balaban J connectivity index is 1.43. The molecule has 31 heavy (non-hydrogen) atoms. The molecule has 1 unspecified atom stereocenters. The topological polar surface area (TPSA) is 90.0 Å². The molecule has 1 atom stereocenters. The summed E-state index contributed by atoms with van der Waals surface area (Å²) in [6.45, 7) is 4.25. The number of nitrogens with one attached hydrogen (secondary N) is 1. The highest BCUT2D eigenvalue weighted by atomic mass is 16.4. The molecule has 0 spiro atoms. The normalized spacial score (nSPS) is 23.4. The molecule has 7 nitrogen and oxygen atoms in total. The van der Waals surface area contributed by atoms with Crippen LogP contribution in [-0.2, 0) is 22.6 Å². The fraction of sp³-hybridized carbons (Fsp3) is 0.625. The third kappa shape index (κ3) is 4.92. The van der Waals surface area contributed by atoms with Gasteiger partial charge in [-0.15, -0.1) is 0 Å². The monoisotopic (exact) mass is 427 g/mol. The minimum Gasteiger partial charge on any atom is -0.481 e. The number of aliphatic carboxylic acids is 1. The first-order valence-corrected chi connectivity index (χ1v) is 11.5. The summed E-state index contributed by atoms with van der Waals surface area (Å²) in [5, 5.41) is 12.6. The Morgan fingerprint density at radius 1 is 1.06 bits per heavy atom. The maximum absolute atomic E-state index is 13.2. The van der Waals surface area contributed by atoms with Crippen molar-refractivity contribution in [2.75, 3.05) is 33.2 Å². The number of carbonyl (C=O) groups excluding carboxylic acids is 2. The van der Waals surface area contributed by atoms with Gasteiger partial charge < -0.3 is 20.2 Å². The SMILES string of the molecule is CN1Cc2cc(C(=O)N3CCC(C4CCNCC4)CC3)ccc2CC(CC(=O)O)C1=O. The molecule has 2 saturated heterocycles. The van der Waals surface area contributed by atoms with Crippen LogP contribution in [0, 0.1) is 17.8 Å². The molecule has 1 aromatic carbocycles. The second kappa shape index (κ2) is 9.39. The summed E-state index contributed by atoms with van der Waals surface area (Å²) >= 11 is 0. The summed E-state index contributed by atoms with van der Waals surface area (Å²) in [4.78, 5) is 40.4. The van der Waals surface area contributed by atoms with Crippen molar-refractivity contribution in [1.82, 2.24) is 15.1 Å². The quantitative estimate of drug-likeness (QED) is 0.769. The lowest BCUT2D eigenvalue weighted by Gasteiger charge is -2.38. The molecule has 0 aliphatic carbocycles. The molecule has 3 aliphatic heterocycles. The summed E-state index contributed by atoms with van der Waals surface area (Å²) < 4.78 is 0. The number of hydrogen-bond donors (Lipinski definition) is 2. The third-order valence-corrected chi connectivity index (χ3v) is 7.35. The Kier molecular flexibility index (Phi) is 6.60. The van der Waals surface area contributed by atoms with E-state index in [0.29, 0.717) is 18.5 Å². The van der Waals surface area contributed by atoms with Gasteiger partial charge in [0, 0.05) is 32.2 Å². The van der Waals surface area contributed by atoms with Gasteiger partial charge in [-0.3, -0.25) is 14.4 Å². The van der Waals surface area contributed by atoms with Gasteiger partial charge in [0.05, 0.1) is 12.3 Å². The summed E-state index contributed by atoms with van der Waals surface area (Å²) in [5.41, 5.74) is 2.57. The van der Waals surface area contributed by atoms with E-state index in [4.69, 9.17) is 5.11 Å². The van der Waals surface area contributed by atoms with E-state index in [-0.39, 0.29) is 18.2 Å². The average Bonchev–Trinajstić information content (AvgIpc) is 2.89. The van der Waals surface area contributed by atoms with Gasteiger partial charge in [-0.25, -0.2) is 0 Å². The smallest absolute Gasteiger partial charge is 0.304 e. The van der Waals surface area contributed by atoms with Crippen molar-refractivity contribution in [3.63, 3.8) is 0 Å². The van der Waals surface area contributed by atoms with Crippen molar-refractivity contribution in [2.24, 2.45) is 17.8 Å². The van der Waals surface area contributed by atoms with Crippen molar-refractivity contribution < 1.29 is 19.5 Å². The number of likely N-dealkylation sites (tertiary alicyclic amines) is 1. The predicted octanol–water partition coefficient (Wildman–Crippen LogP) is 2.14. The Labute approximate surface area is 183 Å². The minimum absolute atomic E-state index is 0.0619. The molecule has 2 amide bonds. The first-order chi connectivity index (χ1) is 14.9. The van der Waals surface area contributed by atoms with Crippen LogP contribution in [0.2, 0.25) is 0 Å². The number of amides is 2. The van der Waals surface area contributed by atoms with Gasteiger partial charge in [0.25, 0.3) is 5.91 Å². The molecular weight excluding hydrogens is 394 g/mol. The van der Waals surface area contributed by atoms with E-state index in [1.54, 1.807) is 11.9 Å². The lowest BCUT2D eigenvalue weighted by Crippen LogP contribution is -2.42. The van der Waals surface area contributed by atoms with Gasteiger partial charge in [-0.1, -0.05) is 6.07 Å². The molecule has 4 rings (SSSR count). The van der Waals surface area contributed by atoms with Crippen molar-refractivity contribution >= 4 is 17.8 Å². The lowest BCUT2D eigenvalue weighted by molar-refractivity contribution is -0.143. The molecule has 0 bridgehead atoms. The summed E-state index contributed by atoms with van der Waals surface area (Å²) in [5.74, 6) is -0.0885. The molecule has 1 aromatic rings. The molecule has 2 fully saturated rings. The third-order valence-electron chi connectivity index (χ3n) is 7.35. The molecule has 3 heterocycles. The number of carboxylic acid groups (broad SMARTS) is 1. The number of fused-ring (bicyclic) bond motifs is 1. The van der Waals surface area contributed by atoms with E-state index < -0.39 is 11.9 Å². The second-order valence-corrected chi connectivity index (χ2v) is 9.39. The molecular formula is C24H33N3O4. The van der Waals surface area contributed by atoms with Gasteiger partial charge in [0.15, 0.2) is 0 Å². The maximum Gasteiger partial charge on any atom is 0.304 e. The van der Waals surface area contributed by atoms with Crippen LogP contribution < -0.4 is 5.32 Å². The van der Waals surface area contributed by atoms with Crippen LogP contribution in [-0.4, -0.2) is 65.9 Å². The molecule has 0 aromatic heterocycles. The first-order valence-electron chi connectivity index (χ1n) is 11.5. The number of hydrogen-bond acceptors (Lipinski definition) is 4. The van der Waals surface area contributed by atoms with Gasteiger partial charge in [-0.2, -0.15) is 0 Å². The molecule has 0 radical (unpaired) electrons. The lowest BCUT2D eigenvalue weighted by atomic mass is 9.79. The Morgan fingerprint density at radius 2 is 1.74 bits per heavy atom. The number of nitrogens with zero attached hydrogens (tertiary/aromatic N) is 2. The van der Waals surface area contributed by atoms with Crippen molar-refractivity contribution in [3.8, 4) is 0 Å². The van der Waals surface area contributed by atoms with Gasteiger partial charge in [0.1, 0.15) is 0 Å². The molecule has 0 saturated carbocycles. The zero-order valence-electron chi connectivity index (χ0n) is 18.3. The zero-order valence-corrected chi connectivity index (χ0v) is 18.3. The number of piperidine rings is 2. The highest BCUT2D eigenvalue weighted by molar-refractivity contribution is 5.94. The predicted molar refractivity (Wildman–Crippen MR) is 117 cm³/mol. The van der Waals surface area contributed by atoms with Gasteiger partial charge in [0.2, 0.25) is 5.91 Å². The number of benzene rings is 1. The maximum atomic E-state index is 13.2. The fourth-order valence-corrected chi connectivity index (χ4v) is 5.55. The van der Waals surface area contributed by atoms with E-state index in [1.165, 1.54) is 12.8 Å². The van der Waals surface area contributed by atoms with E-state index in [9.17, 15) is 14.4 Å². The van der Waals surface area contributed by atoms with Crippen molar-refractivity contribution in [1.29, 1.82) is 0 Å². The first kappa shape index (κ1) is 21.8. The summed E-state index contributed by atoms with van der Waals surface area (Å²) in [7, 11) is 1.70. The minimum atomic E-state index is -0.963. The van der Waals surface area contributed by atoms with Crippen LogP contribution in [0.1, 0.15) is 53.6 Å². The highest BCUT2D eigenvalue weighted by Gasteiger charge is 2.32. The largest absolute Gasteiger partial charge is 0.481 e. The van der Waals surface area contributed by atoms with E-state index in [0.717, 1.165) is 62.0 Å². The van der Waals surface area contributed by atoms with Crippen LogP contribution in [0.25, 0.3) is 0 Å². The molecule has 3 aliphatic rings. The average molecular weight is 428 g/mol. The molecule has 168 valence electrons. The van der Waals surface area contributed by atoms with E-state index >= 15 is 0 Å². The van der Waals surface area contributed by atoms with Gasteiger partial charge >= 0.3 is 5.97 Å². The Bertz CT molecular complexity index is 841. The van der Waals surface area contributed by atoms with Crippen molar-refractivity contribution in [2.45, 2.75) is 45.1 Å². The fourth-order valence-electron chi connectivity index (χ4n) is 5.55. The second-order valence-electron chi connectivity index (χ2n) is 9.39. The van der Waals surface area contributed by atoms with E-state index in [2.05, 4.69) is 5.32 Å². The van der Waals surface area contributed by atoms with Crippen LogP contribution in [0.15, 0.2) is 18.2 Å². The summed E-state index contributed by atoms with van der Waals surface area (Å²) in [6.07, 6.45) is 4.89. The van der Waals surface area contributed by atoms with Crippen LogP contribution in [0.4, 0.5) is 0 Å². The Morgan fingerprint density at radius 3 is 2.42 bits per heavy atom. The van der Waals surface area contributed by atoms with Crippen LogP contribution in [0.3, 0.4) is 0 Å². The highest BCUT2D eigenvalue weighted by Crippen LogP contribution is 2.32. The van der Waals surface area contributed by atoms with Gasteiger partial charge in [-0.05, 0) is 80.3 Å². The molecule has 2 N–H and O–H groups in total. The number of carbonyl (C=O) groups is 3. The van der Waals surface area contributed by atoms with Crippen LogP contribution in [0.5, 0.6) is 0 Å². The zero-order chi connectivity index (χ0) is 22.0. The number of rotatable bonds is 4. The van der Waals surface area contributed by atoms with Crippen molar-refractivity contribution in [3.05, 3.63) is 34.9 Å². The van der Waals surface area contributed by atoms with Crippen LogP contribution >= 0.6 is 0 Å². The number of carboxylic acids is 1. The molecule has 7 heteroatoms. The Hall–Kier alpha value is -2.41. The van der Waals surface area contributed by atoms with E-state index in [1.807, 2.05) is 23.1 Å². The standard InChI is InChI=1S/C24H33N3O4/c1-26-15-21-13-19(3-2-18(21)12-20(23(26)30)14-22(28)29)24(31)27-10-6-17(7-11-27)16-4-8-25-9-5-16/h2-3,13,16-17,20,25H,4-12,14-15H2,1H3,(H,28,29). The summed E-state index contributed by atoms with van der Waals surface area (Å²) in [6, 6.07) is 5.66.